The van der Waals surface area contributed by atoms with Gasteiger partial charge >= 0.3 is 12.1 Å². The van der Waals surface area contributed by atoms with Gasteiger partial charge in [-0.05, 0) is 65.6 Å². The predicted octanol–water partition coefficient (Wildman–Crippen LogP) is 6.57. The van der Waals surface area contributed by atoms with E-state index in [-0.39, 0.29) is 18.6 Å². The molecule has 7 heteroatoms. The molecular formula is C30H30BrNO5. The van der Waals surface area contributed by atoms with Gasteiger partial charge in [-0.3, -0.25) is 0 Å². The molecule has 1 aliphatic heterocycles. The van der Waals surface area contributed by atoms with Crippen molar-refractivity contribution in [2.45, 2.75) is 37.2 Å². The van der Waals surface area contributed by atoms with Crippen LogP contribution in [0.15, 0.2) is 77.3 Å². The van der Waals surface area contributed by atoms with Gasteiger partial charge in [-0.1, -0.05) is 76.6 Å². The van der Waals surface area contributed by atoms with E-state index in [1.54, 1.807) is 4.90 Å². The van der Waals surface area contributed by atoms with Crippen molar-refractivity contribution in [2.24, 2.45) is 0 Å². The molecule has 0 saturated carbocycles. The number of hydrogen-bond acceptors (Lipinski definition) is 4. The van der Waals surface area contributed by atoms with Crippen molar-refractivity contribution >= 4 is 28.0 Å². The zero-order chi connectivity index (χ0) is 25.8. The number of nitrogens with zero attached hydrogens (tertiary/aromatic N) is 1. The molecule has 1 aliphatic carbocycles. The predicted molar refractivity (Wildman–Crippen MR) is 145 cm³/mol. The highest BCUT2D eigenvalue weighted by atomic mass is 79.9. The zero-order valence-electron chi connectivity index (χ0n) is 20.6. The number of ether oxygens (including phenoxy) is 2. The summed E-state index contributed by atoms with van der Waals surface area (Å²) >= 11 is 3.47. The molecule has 0 aromatic heterocycles. The lowest BCUT2D eigenvalue weighted by molar-refractivity contribution is -0.152. The molecule has 0 atom stereocenters. The summed E-state index contributed by atoms with van der Waals surface area (Å²) in [6, 6.07) is 24.5. The van der Waals surface area contributed by atoms with Crippen molar-refractivity contribution in [3.63, 3.8) is 0 Å². The van der Waals surface area contributed by atoms with Crippen molar-refractivity contribution in [2.75, 3.05) is 26.3 Å². The van der Waals surface area contributed by atoms with Gasteiger partial charge in [-0.25, -0.2) is 9.59 Å². The van der Waals surface area contributed by atoms with E-state index in [4.69, 9.17) is 9.47 Å². The molecule has 0 spiro atoms. The number of carboxylic acids is 1. The monoisotopic (exact) mass is 563 g/mol. The summed E-state index contributed by atoms with van der Waals surface area (Å²) in [7, 11) is 0. The molecule has 1 fully saturated rings. The Bertz CT molecular complexity index is 1220. The van der Waals surface area contributed by atoms with E-state index in [0.29, 0.717) is 45.4 Å². The lowest BCUT2D eigenvalue weighted by Crippen LogP contribution is -2.40. The average molecular weight is 564 g/mol. The van der Waals surface area contributed by atoms with Crippen LogP contribution in [0.1, 0.15) is 48.3 Å². The SMILES string of the molecule is O=C(O)COC1(c2ccc(Br)cc2)CCCN(C(=O)OCC2c3ccccc3-c3ccccc32)CCC1. The highest BCUT2D eigenvalue weighted by molar-refractivity contribution is 9.10. The van der Waals surface area contributed by atoms with Gasteiger partial charge in [0, 0.05) is 23.5 Å². The van der Waals surface area contributed by atoms with Crippen LogP contribution in [0.4, 0.5) is 4.79 Å². The van der Waals surface area contributed by atoms with Gasteiger partial charge in [0.15, 0.2) is 0 Å². The molecule has 0 bridgehead atoms. The van der Waals surface area contributed by atoms with Crippen molar-refractivity contribution in [3.05, 3.63) is 94.0 Å². The van der Waals surface area contributed by atoms with Gasteiger partial charge in [0.1, 0.15) is 13.2 Å². The highest BCUT2D eigenvalue weighted by Crippen LogP contribution is 2.44. The molecule has 3 aromatic carbocycles. The zero-order valence-corrected chi connectivity index (χ0v) is 22.2. The molecule has 1 heterocycles. The van der Waals surface area contributed by atoms with Crippen LogP contribution in [0.5, 0.6) is 0 Å². The Morgan fingerprint density at radius 2 is 1.46 bits per heavy atom. The largest absolute Gasteiger partial charge is 0.480 e. The fourth-order valence-electron chi connectivity index (χ4n) is 5.69. The number of fused-ring (bicyclic) bond motifs is 3. The van der Waals surface area contributed by atoms with E-state index in [9.17, 15) is 14.7 Å². The minimum atomic E-state index is -0.987. The molecular weight excluding hydrogens is 534 g/mol. The quantitative estimate of drug-likeness (QED) is 0.367. The molecule has 6 nitrogen and oxygen atoms in total. The second-order valence-corrected chi connectivity index (χ2v) is 10.6. The smallest absolute Gasteiger partial charge is 0.409 e. The summed E-state index contributed by atoms with van der Waals surface area (Å²) in [4.78, 5) is 26.2. The van der Waals surface area contributed by atoms with Gasteiger partial charge in [-0.2, -0.15) is 0 Å². The topological polar surface area (TPSA) is 76.1 Å². The second-order valence-electron chi connectivity index (χ2n) is 9.68. The third-order valence-electron chi connectivity index (χ3n) is 7.45. The molecule has 2 aliphatic rings. The number of carboxylic acid groups (broad SMARTS) is 1. The number of aliphatic carboxylic acids is 1. The molecule has 37 heavy (non-hydrogen) atoms. The number of hydrogen-bond donors (Lipinski definition) is 1. The molecule has 0 unspecified atom stereocenters. The number of amides is 1. The number of halogens is 1. The Hall–Kier alpha value is -3.16. The molecule has 5 rings (SSSR count). The molecule has 1 amide bonds. The van der Waals surface area contributed by atoms with Crippen molar-refractivity contribution < 1.29 is 24.2 Å². The van der Waals surface area contributed by atoms with Crippen LogP contribution < -0.4 is 0 Å². The lowest BCUT2D eigenvalue weighted by Gasteiger charge is -2.37. The Balaban J connectivity index is 1.24. The molecule has 1 N–H and O–H groups in total. The van der Waals surface area contributed by atoms with Crippen LogP contribution in [0.25, 0.3) is 11.1 Å². The minimum absolute atomic E-state index is 0.0283. The fraction of sp³-hybridized carbons (Fsp3) is 0.333. The first-order valence-electron chi connectivity index (χ1n) is 12.7. The standard InChI is InChI=1S/C30H30BrNO5/c31-22-13-11-21(12-14-22)30(37-20-28(33)34)15-5-17-32(18-6-16-30)29(35)36-19-27-25-9-3-1-7-23(25)24-8-2-4-10-26(24)27/h1-4,7-14,27H,5-6,15-20H2,(H,33,34). The van der Waals surface area contributed by atoms with E-state index in [1.165, 1.54) is 22.3 Å². The van der Waals surface area contributed by atoms with Crippen LogP contribution in [0.2, 0.25) is 0 Å². The number of carbonyl (C=O) groups excluding carboxylic acids is 1. The Morgan fingerprint density at radius 1 is 0.892 bits per heavy atom. The van der Waals surface area contributed by atoms with Crippen LogP contribution in [-0.2, 0) is 19.9 Å². The molecule has 0 radical (unpaired) electrons. The van der Waals surface area contributed by atoms with Crippen molar-refractivity contribution in [1.29, 1.82) is 0 Å². The number of rotatable bonds is 6. The van der Waals surface area contributed by atoms with E-state index in [0.717, 1.165) is 10.0 Å². The van der Waals surface area contributed by atoms with E-state index in [1.807, 2.05) is 48.5 Å². The summed E-state index contributed by atoms with van der Waals surface area (Å²) in [5.41, 5.74) is 5.07. The summed E-state index contributed by atoms with van der Waals surface area (Å²) in [6.07, 6.45) is 2.30. The van der Waals surface area contributed by atoms with Crippen LogP contribution in [0.3, 0.4) is 0 Å². The Kier molecular flexibility index (Phi) is 7.63. The third-order valence-corrected chi connectivity index (χ3v) is 7.98. The van der Waals surface area contributed by atoms with Crippen LogP contribution in [0, 0.1) is 0 Å². The van der Waals surface area contributed by atoms with Gasteiger partial charge < -0.3 is 19.5 Å². The van der Waals surface area contributed by atoms with Gasteiger partial charge in [0.05, 0.1) is 5.60 Å². The highest BCUT2D eigenvalue weighted by Gasteiger charge is 2.36. The number of likely N-dealkylation sites (tertiary alicyclic amines) is 1. The number of benzene rings is 3. The van der Waals surface area contributed by atoms with Crippen molar-refractivity contribution in [1.82, 2.24) is 4.90 Å². The first-order valence-corrected chi connectivity index (χ1v) is 13.5. The summed E-state index contributed by atoms with van der Waals surface area (Å²) in [5.74, 6) is -0.959. The lowest BCUT2D eigenvalue weighted by atomic mass is 9.83. The summed E-state index contributed by atoms with van der Waals surface area (Å²) in [6.45, 7) is 1.01. The average Bonchev–Trinajstić information content (AvgIpc) is 3.21. The van der Waals surface area contributed by atoms with Crippen LogP contribution >= 0.6 is 15.9 Å². The molecule has 1 saturated heterocycles. The van der Waals surface area contributed by atoms with Gasteiger partial charge in [0.25, 0.3) is 0 Å². The van der Waals surface area contributed by atoms with E-state index >= 15 is 0 Å². The van der Waals surface area contributed by atoms with E-state index in [2.05, 4.69) is 40.2 Å². The minimum Gasteiger partial charge on any atom is -0.480 e. The van der Waals surface area contributed by atoms with Crippen LogP contribution in [-0.4, -0.2) is 48.4 Å². The van der Waals surface area contributed by atoms with E-state index < -0.39 is 11.6 Å². The molecule has 3 aromatic rings. The van der Waals surface area contributed by atoms with Gasteiger partial charge in [-0.15, -0.1) is 0 Å². The maximum atomic E-state index is 13.1. The third kappa shape index (κ3) is 5.43. The summed E-state index contributed by atoms with van der Waals surface area (Å²) < 4.78 is 12.9. The first kappa shape index (κ1) is 25.5. The fourth-order valence-corrected chi connectivity index (χ4v) is 5.95. The second kappa shape index (κ2) is 11.1. The maximum Gasteiger partial charge on any atom is 0.409 e. The summed E-state index contributed by atoms with van der Waals surface area (Å²) in [5, 5.41) is 9.26. The van der Waals surface area contributed by atoms with Crippen molar-refractivity contribution in [3.8, 4) is 11.1 Å². The first-order chi connectivity index (χ1) is 18.0. The normalized spacial score (nSPS) is 16.8. The van der Waals surface area contributed by atoms with Gasteiger partial charge in [0.2, 0.25) is 0 Å². The maximum absolute atomic E-state index is 13.1. The molecule has 192 valence electrons. The number of carbonyl (C=O) groups is 2. The Morgan fingerprint density at radius 3 is 2.03 bits per heavy atom. The Labute approximate surface area is 225 Å².